The van der Waals surface area contributed by atoms with E-state index >= 15 is 0 Å². The van der Waals surface area contributed by atoms with E-state index in [4.69, 9.17) is 5.11 Å². The maximum Gasteiger partial charge on any atom is 0.303 e. The van der Waals surface area contributed by atoms with Crippen LogP contribution in [0, 0.1) is 6.92 Å². The first-order valence-electron chi connectivity index (χ1n) is 7.99. The summed E-state index contributed by atoms with van der Waals surface area (Å²) in [5.41, 5.74) is 3.09. The van der Waals surface area contributed by atoms with E-state index < -0.39 is 11.4 Å². The second-order valence-electron chi connectivity index (χ2n) is 6.48. The summed E-state index contributed by atoms with van der Waals surface area (Å²) in [5, 5.41) is 11.7. The summed E-state index contributed by atoms with van der Waals surface area (Å²) < 4.78 is 0. The van der Waals surface area contributed by atoms with E-state index in [1.807, 2.05) is 69.3 Å². The highest BCUT2D eigenvalue weighted by molar-refractivity contribution is 5.98. The fourth-order valence-corrected chi connectivity index (χ4v) is 2.69. The molecule has 2 N–H and O–H groups in total. The molecule has 0 bridgehead atoms. The van der Waals surface area contributed by atoms with Gasteiger partial charge in [-0.3, -0.25) is 9.59 Å². The van der Waals surface area contributed by atoms with Gasteiger partial charge >= 0.3 is 5.97 Å². The lowest BCUT2D eigenvalue weighted by Gasteiger charge is -2.26. The Morgan fingerprint density at radius 1 is 1.04 bits per heavy atom. The van der Waals surface area contributed by atoms with E-state index in [0.29, 0.717) is 12.1 Å². The second-order valence-corrected chi connectivity index (χ2v) is 6.48. The normalized spacial score (nSPS) is 11.1. The topological polar surface area (TPSA) is 66.4 Å². The maximum atomic E-state index is 12.7. The molecule has 24 heavy (non-hydrogen) atoms. The number of rotatable bonds is 6. The number of aliphatic carboxylic acids is 1. The van der Waals surface area contributed by atoms with Gasteiger partial charge in [-0.05, 0) is 56.0 Å². The van der Waals surface area contributed by atoms with Crippen LogP contribution in [0.2, 0.25) is 0 Å². The lowest BCUT2D eigenvalue weighted by atomic mass is 9.81. The Kier molecular flexibility index (Phi) is 5.39. The standard InChI is InChI=1S/C20H23NO3/c1-14-6-4-5-7-17(14)20(2,3)19(24)21-16-11-8-15(9-12-16)10-13-18(22)23/h4-9,11-12H,10,13H2,1-3H3,(H,21,24)(H,22,23). The first-order chi connectivity index (χ1) is 11.3. The molecule has 4 nitrogen and oxygen atoms in total. The van der Waals surface area contributed by atoms with Gasteiger partial charge in [-0.2, -0.15) is 0 Å². The van der Waals surface area contributed by atoms with Crippen LogP contribution in [0.1, 0.15) is 37.0 Å². The first-order valence-corrected chi connectivity index (χ1v) is 7.99. The van der Waals surface area contributed by atoms with Gasteiger partial charge in [0.2, 0.25) is 5.91 Å². The highest BCUT2D eigenvalue weighted by atomic mass is 16.4. The van der Waals surface area contributed by atoms with Crippen molar-refractivity contribution in [3.05, 3.63) is 65.2 Å². The fourth-order valence-electron chi connectivity index (χ4n) is 2.69. The molecular formula is C20H23NO3. The van der Waals surface area contributed by atoms with Gasteiger partial charge in [0.1, 0.15) is 0 Å². The third-order valence-corrected chi connectivity index (χ3v) is 4.23. The molecule has 0 fully saturated rings. The van der Waals surface area contributed by atoms with Gasteiger partial charge in [0.25, 0.3) is 0 Å². The highest BCUT2D eigenvalue weighted by Gasteiger charge is 2.30. The van der Waals surface area contributed by atoms with Crippen LogP contribution in [0.5, 0.6) is 0 Å². The van der Waals surface area contributed by atoms with Crippen molar-refractivity contribution in [2.75, 3.05) is 5.32 Å². The number of carbonyl (C=O) groups excluding carboxylic acids is 1. The van der Waals surface area contributed by atoms with Crippen LogP contribution in [-0.4, -0.2) is 17.0 Å². The number of hydrogen-bond acceptors (Lipinski definition) is 2. The summed E-state index contributed by atoms with van der Waals surface area (Å²) in [5.74, 6) is -0.887. The van der Waals surface area contributed by atoms with Crippen molar-refractivity contribution in [3.8, 4) is 0 Å². The molecule has 2 rings (SSSR count). The van der Waals surface area contributed by atoms with Crippen molar-refractivity contribution >= 4 is 17.6 Å². The summed E-state index contributed by atoms with van der Waals surface area (Å²) in [6.45, 7) is 5.82. The molecule has 0 aromatic heterocycles. The number of benzene rings is 2. The Balaban J connectivity index is 2.08. The smallest absolute Gasteiger partial charge is 0.303 e. The van der Waals surface area contributed by atoms with E-state index in [9.17, 15) is 9.59 Å². The second kappa shape index (κ2) is 7.30. The van der Waals surface area contributed by atoms with Crippen LogP contribution in [0.15, 0.2) is 48.5 Å². The summed E-state index contributed by atoms with van der Waals surface area (Å²) in [6.07, 6.45) is 0.588. The van der Waals surface area contributed by atoms with E-state index in [0.717, 1.165) is 16.7 Å². The molecule has 0 radical (unpaired) electrons. The minimum atomic E-state index is -0.813. The lowest BCUT2D eigenvalue weighted by molar-refractivity contribution is -0.137. The van der Waals surface area contributed by atoms with E-state index in [2.05, 4.69) is 5.32 Å². The molecule has 0 aliphatic carbocycles. The zero-order chi connectivity index (χ0) is 17.7. The molecule has 0 aliphatic rings. The highest BCUT2D eigenvalue weighted by Crippen LogP contribution is 2.27. The van der Waals surface area contributed by atoms with E-state index in [1.165, 1.54) is 0 Å². The number of amides is 1. The van der Waals surface area contributed by atoms with Gasteiger partial charge in [-0.25, -0.2) is 0 Å². The molecule has 2 aromatic rings. The summed E-state index contributed by atoms with van der Waals surface area (Å²) in [7, 11) is 0. The Morgan fingerprint density at radius 3 is 2.25 bits per heavy atom. The van der Waals surface area contributed by atoms with Crippen LogP contribution >= 0.6 is 0 Å². The van der Waals surface area contributed by atoms with Gasteiger partial charge < -0.3 is 10.4 Å². The molecular weight excluding hydrogens is 302 g/mol. The number of nitrogens with one attached hydrogen (secondary N) is 1. The van der Waals surface area contributed by atoms with E-state index in [1.54, 1.807) is 0 Å². The third kappa shape index (κ3) is 4.22. The number of anilines is 1. The number of carboxylic acids is 1. The Hall–Kier alpha value is -2.62. The molecule has 0 atom stereocenters. The molecule has 0 unspecified atom stereocenters. The average Bonchev–Trinajstić information content (AvgIpc) is 2.54. The van der Waals surface area contributed by atoms with Crippen LogP contribution < -0.4 is 5.32 Å². The van der Waals surface area contributed by atoms with E-state index in [-0.39, 0.29) is 12.3 Å². The molecule has 1 amide bonds. The van der Waals surface area contributed by atoms with Crippen molar-refractivity contribution in [2.45, 2.75) is 39.0 Å². The summed E-state index contributed by atoms with van der Waals surface area (Å²) in [4.78, 5) is 23.3. The molecule has 4 heteroatoms. The predicted octanol–water partition coefficient (Wildman–Crippen LogP) is 3.93. The first kappa shape index (κ1) is 17.7. The number of carbonyl (C=O) groups is 2. The maximum absolute atomic E-state index is 12.7. The van der Waals surface area contributed by atoms with Crippen molar-refractivity contribution in [1.82, 2.24) is 0 Å². The van der Waals surface area contributed by atoms with Gasteiger partial charge in [-0.1, -0.05) is 36.4 Å². The van der Waals surface area contributed by atoms with Gasteiger partial charge in [0.15, 0.2) is 0 Å². The van der Waals surface area contributed by atoms with Crippen LogP contribution in [0.25, 0.3) is 0 Å². The molecule has 0 saturated heterocycles. The Labute approximate surface area is 142 Å². The minimum Gasteiger partial charge on any atom is -0.481 e. The van der Waals surface area contributed by atoms with Crippen molar-refractivity contribution in [1.29, 1.82) is 0 Å². The van der Waals surface area contributed by atoms with Crippen LogP contribution in [-0.2, 0) is 21.4 Å². The van der Waals surface area contributed by atoms with Crippen molar-refractivity contribution in [3.63, 3.8) is 0 Å². The molecule has 0 aliphatic heterocycles. The van der Waals surface area contributed by atoms with Gasteiger partial charge in [-0.15, -0.1) is 0 Å². The van der Waals surface area contributed by atoms with Crippen molar-refractivity contribution < 1.29 is 14.7 Å². The van der Waals surface area contributed by atoms with Crippen LogP contribution in [0.3, 0.4) is 0 Å². The molecule has 2 aromatic carbocycles. The van der Waals surface area contributed by atoms with Gasteiger partial charge in [0, 0.05) is 12.1 Å². The molecule has 0 spiro atoms. The minimum absolute atomic E-state index is 0.0740. The number of hydrogen-bond donors (Lipinski definition) is 2. The quantitative estimate of drug-likeness (QED) is 0.845. The lowest BCUT2D eigenvalue weighted by Crippen LogP contribution is -2.35. The predicted molar refractivity (Wildman–Crippen MR) is 95.2 cm³/mol. The van der Waals surface area contributed by atoms with Crippen molar-refractivity contribution in [2.24, 2.45) is 0 Å². The molecule has 0 heterocycles. The largest absolute Gasteiger partial charge is 0.481 e. The monoisotopic (exact) mass is 325 g/mol. The number of carboxylic acid groups (broad SMARTS) is 1. The zero-order valence-electron chi connectivity index (χ0n) is 14.3. The Morgan fingerprint density at radius 2 is 1.67 bits per heavy atom. The summed E-state index contributed by atoms with van der Waals surface area (Å²) in [6, 6.07) is 15.2. The molecule has 0 saturated carbocycles. The van der Waals surface area contributed by atoms with Gasteiger partial charge in [0.05, 0.1) is 5.41 Å². The fraction of sp³-hybridized carbons (Fsp3) is 0.300. The SMILES string of the molecule is Cc1ccccc1C(C)(C)C(=O)Nc1ccc(CCC(=O)O)cc1. The number of aryl methyl sites for hydroxylation is 2. The summed E-state index contributed by atoms with van der Waals surface area (Å²) >= 11 is 0. The third-order valence-electron chi connectivity index (χ3n) is 4.23. The average molecular weight is 325 g/mol. The molecule has 126 valence electrons. The Bertz CT molecular complexity index is 733. The zero-order valence-corrected chi connectivity index (χ0v) is 14.3. The van der Waals surface area contributed by atoms with Crippen LogP contribution in [0.4, 0.5) is 5.69 Å².